The molecule has 0 saturated heterocycles. The Morgan fingerprint density at radius 3 is 2.57 bits per heavy atom. The van der Waals surface area contributed by atoms with Gasteiger partial charge in [-0.05, 0) is 55.9 Å². The van der Waals surface area contributed by atoms with Crippen LogP contribution in [0.25, 0.3) is 0 Å². The van der Waals surface area contributed by atoms with Crippen LogP contribution in [0.15, 0.2) is 41.4 Å². The van der Waals surface area contributed by atoms with E-state index in [2.05, 4.69) is 15.7 Å². The summed E-state index contributed by atoms with van der Waals surface area (Å²) < 4.78 is 24.3. The van der Waals surface area contributed by atoms with Crippen LogP contribution in [0.2, 0.25) is 0 Å². The summed E-state index contributed by atoms with van der Waals surface area (Å²) in [5.41, 5.74) is 1.82. The van der Waals surface area contributed by atoms with Crippen LogP contribution < -0.4 is 15.8 Å². The summed E-state index contributed by atoms with van der Waals surface area (Å²) in [6.45, 7) is 3.54. The monoisotopic (exact) mass is 353 g/mol. The third-order valence-corrected chi connectivity index (χ3v) is 4.38. The summed E-state index contributed by atoms with van der Waals surface area (Å²) >= 11 is 5.19. The molecule has 0 aliphatic rings. The number of sulfonamides is 1. The summed E-state index contributed by atoms with van der Waals surface area (Å²) in [5, 5.41) is 15.8. The molecule has 0 spiro atoms. The number of hydrogen-bond donors (Lipinski definition) is 3. The Kier molecular flexibility index (Phi) is 5.69. The largest absolute Gasteiger partial charge is 0.362 e. The zero-order valence-corrected chi connectivity index (χ0v) is 14.3. The highest BCUT2D eigenvalue weighted by Crippen LogP contribution is 2.12. The van der Waals surface area contributed by atoms with Gasteiger partial charge in [0, 0.05) is 30.7 Å². The fourth-order valence-corrected chi connectivity index (χ4v) is 2.70. The number of aryl methyl sites for hydroxylation is 2. The average Bonchev–Trinajstić information content (AvgIpc) is 2.89. The van der Waals surface area contributed by atoms with E-state index < -0.39 is 10.0 Å². The lowest BCUT2D eigenvalue weighted by molar-refractivity contribution is 0.561. The number of nitrogens with two attached hydrogens (primary N) is 1. The molecule has 0 fully saturated rings. The molecular formula is C14H19N5O2S2. The normalized spacial score (nSPS) is 11.2. The van der Waals surface area contributed by atoms with E-state index in [1.165, 1.54) is 12.1 Å². The van der Waals surface area contributed by atoms with Gasteiger partial charge in [-0.15, -0.1) is 0 Å². The van der Waals surface area contributed by atoms with E-state index in [1.54, 1.807) is 18.3 Å². The maximum atomic E-state index is 11.2. The zero-order valence-electron chi connectivity index (χ0n) is 12.7. The van der Waals surface area contributed by atoms with Crippen molar-refractivity contribution in [1.29, 1.82) is 0 Å². The molecule has 0 amide bonds. The first-order valence-electron chi connectivity index (χ1n) is 7.02. The SMILES string of the molecule is Cc1ccnn1CCCNC(=S)Nc1ccc(S(N)(=O)=O)cc1. The average molecular weight is 353 g/mol. The topological polar surface area (TPSA) is 102 Å². The van der Waals surface area contributed by atoms with E-state index in [1.807, 2.05) is 17.7 Å². The van der Waals surface area contributed by atoms with Gasteiger partial charge in [-0.2, -0.15) is 5.10 Å². The molecule has 7 nitrogen and oxygen atoms in total. The van der Waals surface area contributed by atoms with Crippen LogP contribution in [0.3, 0.4) is 0 Å². The Morgan fingerprint density at radius 2 is 2.00 bits per heavy atom. The summed E-state index contributed by atoms with van der Waals surface area (Å²) in [5.74, 6) is 0. The lowest BCUT2D eigenvalue weighted by Crippen LogP contribution is -2.29. The van der Waals surface area contributed by atoms with Crippen molar-refractivity contribution in [2.24, 2.45) is 5.14 Å². The van der Waals surface area contributed by atoms with Gasteiger partial charge in [-0.1, -0.05) is 0 Å². The van der Waals surface area contributed by atoms with Crippen LogP contribution in [0, 0.1) is 6.92 Å². The number of benzene rings is 1. The Bertz CT molecular complexity index is 769. The van der Waals surface area contributed by atoms with Crippen LogP contribution in [0.1, 0.15) is 12.1 Å². The van der Waals surface area contributed by atoms with Gasteiger partial charge in [-0.25, -0.2) is 13.6 Å². The first-order valence-corrected chi connectivity index (χ1v) is 8.98. The maximum absolute atomic E-state index is 11.2. The second-order valence-corrected chi connectivity index (χ2v) is 6.97. The quantitative estimate of drug-likeness (QED) is 0.533. The van der Waals surface area contributed by atoms with Crippen LogP contribution in [-0.2, 0) is 16.6 Å². The minimum atomic E-state index is -3.68. The molecule has 0 aliphatic heterocycles. The zero-order chi connectivity index (χ0) is 16.9. The van der Waals surface area contributed by atoms with Crippen LogP contribution >= 0.6 is 12.2 Å². The van der Waals surface area contributed by atoms with Gasteiger partial charge >= 0.3 is 0 Å². The number of aromatic nitrogens is 2. The van der Waals surface area contributed by atoms with Crippen molar-refractivity contribution in [3.05, 3.63) is 42.2 Å². The molecule has 1 aromatic heterocycles. The molecule has 1 heterocycles. The fraction of sp³-hybridized carbons (Fsp3) is 0.286. The van der Waals surface area contributed by atoms with Crippen molar-refractivity contribution < 1.29 is 8.42 Å². The Balaban J connectivity index is 1.75. The van der Waals surface area contributed by atoms with Crippen LogP contribution in [0.5, 0.6) is 0 Å². The van der Waals surface area contributed by atoms with Crippen molar-refractivity contribution in [3.8, 4) is 0 Å². The smallest absolute Gasteiger partial charge is 0.238 e. The molecule has 0 bridgehead atoms. The number of nitrogens with zero attached hydrogens (tertiary/aromatic N) is 2. The fourth-order valence-electron chi connectivity index (χ4n) is 1.97. The molecule has 124 valence electrons. The molecule has 1 aromatic carbocycles. The van der Waals surface area contributed by atoms with E-state index in [-0.39, 0.29) is 4.90 Å². The maximum Gasteiger partial charge on any atom is 0.238 e. The highest BCUT2D eigenvalue weighted by molar-refractivity contribution is 7.89. The Labute approximate surface area is 140 Å². The predicted molar refractivity (Wildman–Crippen MR) is 93.6 cm³/mol. The molecule has 23 heavy (non-hydrogen) atoms. The lowest BCUT2D eigenvalue weighted by atomic mass is 10.3. The first kappa shape index (κ1) is 17.4. The highest BCUT2D eigenvalue weighted by atomic mass is 32.2. The van der Waals surface area contributed by atoms with Gasteiger partial charge in [0.05, 0.1) is 4.90 Å². The standard InChI is InChI=1S/C14H19N5O2S2/c1-11-7-9-17-19(11)10-2-8-16-14(22)18-12-3-5-13(6-4-12)23(15,20)21/h3-7,9H,2,8,10H2,1H3,(H2,15,20,21)(H2,16,18,22). The van der Waals surface area contributed by atoms with E-state index in [9.17, 15) is 8.42 Å². The van der Waals surface area contributed by atoms with Gasteiger partial charge in [0.2, 0.25) is 10.0 Å². The first-order chi connectivity index (χ1) is 10.9. The van der Waals surface area contributed by atoms with Crippen molar-refractivity contribution in [1.82, 2.24) is 15.1 Å². The number of hydrogen-bond acceptors (Lipinski definition) is 4. The molecule has 2 rings (SSSR count). The number of nitrogens with one attached hydrogen (secondary N) is 2. The highest BCUT2D eigenvalue weighted by Gasteiger charge is 2.07. The molecule has 0 atom stereocenters. The molecule has 9 heteroatoms. The van der Waals surface area contributed by atoms with Crippen LogP contribution in [-0.4, -0.2) is 29.9 Å². The van der Waals surface area contributed by atoms with E-state index in [4.69, 9.17) is 17.4 Å². The number of anilines is 1. The third kappa shape index (κ3) is 5.31. The van der Waals surface area contributed by atoms with Gasteiger partial charge in [0.1, 0.15) is 0 Å². The minimum Gasteiger partial charge on any atom is -0.362 e. The lowest BCUT2D eigenvalue weighted by Gasteiger charge is -2.11. The van der Waals surface area contributed by atoms with Crippen molar-refractivity contribution >= 4 is 33.0 Å². The summed E-state index contributed by atoms with van der Waals surface area (Å²) in [6, 6.07) is 8.05. The number of primary sulfonamides is 1. The Morgan fingerprint density at radius 1 is 1.30 bits per heavy atom. The molecule has 2 aromatic rings. The summed E-state index contributed by atoms with van der Waals surface area (Å²) in [4.78, 5) is 0.0662. The predicted octanol–water partition coefficient (Wildman–Crippen LogP) is 1.22. The van der Waals surface area contributed by atoms with Gasteiger partial charge in [0.15, 0.2) is 5.11 Å². The molecule has 0 radical (unpaired) electrons. The molecule has 4 N–H and O–H groups in total. The van der Waals surface area contributed by atoms with E-state index >= 15 is 0 Å². The minimum absolute atomic E-state index is 0.0662. The van der Waals surface area contributed by atoms with Crippen LogP contribution in [0.4, 0.5) is 5.69 Å². The van der Waals surface area contributed by atoms with Crippen molar-refractivity contribution in [2.45, 2.75) is 24.8 Å². The van der Waals surface area contributed by atoms with Gasteiger partial charge in [-0.3, -0.25) is 4.68 Å². The second-order valence-electron chi connectivity index (χ2n) is 5.00. The Hall–Kier alpha value is -1.97. The second kappa shape index (κ2) is 7.53. The van der Waals surface area contributed by atoms with E-state index in [0.29, 0.717) is 17.3 Å². The third-order valence-electron chi connectivity index (χ3n) is 3.20. The summed E-state index contributed by atoms with van der Waals surface area (Å²) in [7, 11) is -3.68. The van der Waals surface area contributed by atoms with Gasteiger partial charge in [0.25, 0.3) is 0 Å². The van der Waals surface area contributed by atoms with Gasteiger partial charge < -0.3 is 10.6 Å². The van der Waals surface area contributed by atoms with E-state index in [0.717, 1.165) is 18.7 Å². The molecule has 0 saturated carbocycles. The molecule has 0 unspecified atom stereocenters. The van der Waals surface area contributed by atoms with Crippen molar-refractivity contribution in [3.63, 3.8) is 0 Å². The number of rotatable bonds is 6. The van der Waals surface area contributed by atoms with Crippen molar-refractivity contribution in [2.75, 3.05) is 11.9 Å². The molecular weight excluding hydrogens is 334 g/mol. The summed E-state index contributed by atoms with van der Waals surface area (Å²) in [6.07, 6.45) is 2.66. The molecule has 0 aliphatic carbocycles. The number of thiocarbonyl (C=S) groups is 1.